The van der Waals surface area contributed by atoms with E-state index in [4.69, 9.17) is 4.74 Å². The fourth-order valence-electron chi connectivity index (χ4n) is 2.77. The average molecular weight is 346 g/mol. The van der Waals surface area contributed by atoms with Gasteiger partial charge in [0.15, 0.2) is 5.78 Å². The van der Waals surface area contributed by atoms with E-state index in [0.717, 1.165) is 5.56 Å². The maximum absolute atomic E-state index is 12.4. The van der Waals surface area contributed by atoms with Crippen molar-refractivity contribution in [3.05, 3.63) is 35.9 Å². The summed E-state index contributed by atoms with van der Waals surface area (Å²) in [6.07, 6.45) is 0.709. The van der Waals surface area contributed by atoms with Gasteiger partial charge < -0.3 is 9.64 Å². The second-order valence-electron chi connectivity index (χ2n) is 6.77. The minimum atomic E-state index is -0.505. The Bertz CT molecular complexity index is 601. The number of likely N-dealkylation sites (tertiary alicyclic amines) is 1. The Hall–Kier alpha value is -2.37. The normalized spacial score (nSPS) is 14.5. The van der Waals surface area contributed by atoms with Crippen LogP contribution in [0.15, 0.2) is 30.3 Å². The summed E-state index contributed by atoms with van der Waals surface area (Å²) < 4.78 is 5.35. The Balaban J connectivity index is 1.93. The summed E-state index contributed by atoms with van der Waals surface area (Å²) in [6.45, 7) is 5.22. The first-order chi connectivity index (χ1) is 12.0. The summed E-state index contributed by atoms with van der Waals surface area (Å²) in [4.78, 5) is 39.3. The molecule has 0 atom stereocenters. The zero-order valence-electron chi connectivity index (χ0n) is 14.9. The highest BCUT2D eigenvalue weighted by molar-refractivity contribution is 5.89. The van der Waals surface area contributed by atoms with Gasteiger partial charge in [-0.2, -0.15) is 0 Å². The summed E-state index contributed by atoms with van der Waals surface area (Å²) in [5.41, 5.74) is 0.897. The van der Waals surface area contributed by atoms with Gasteiger partial charge in [0.05, 0.1) is 6.54 Å². The van der Waals surface area contributed by atoms with Crippen molar-refractivity contribution < 1.29 is 19.1 Å². The summed E-state index contributed by atoms with van der Waals surface area (Å²) in [5, 5.41) is 0. The largest absolute Gasteiger partial charge is 0.445 e. The molecule has 0 spiro atoms. The third-order valence-electron chi connectivity index (χ3n) is 3.98. The molecule has 1 aromatic carbocycles. The summed E-state index contributed by atoms with van der Waals surface area (Å²) in [5.74, 6) is 0.0760. The van der Waals surface area contributed by atoms with Crippen molar-refractivity contribution in [3.8, 4) is 0 Å². The van der Waals surface area contributed by atoms with Crippen molar-refractivity contribution in [2.45, 2.75) is 33.3 Å². The van der Waals surface area contributed by atoms with E-state index in [1.165, 1.54) is 9.80 Å². The Morgan fingerprint density at radius 3 is 2.60 bits per heavy atom. The fraction of sp³-hybridized carbons (Fsp3) is 0.526. The van der Waals surface area contributed by atoms with Crippen LogP contribution in [0.4, 0.5) is 4.79 Å². The van der Waals surface area contributed by atoms with Gasteiger partial charge in [-0.25, -0.2) is 4.79 Å². The van der Waals surface area contributed by atoms with Gasteiger partial charge in [-0.3, -0.25) is 14.5 Å². The smallest absolute Gasteiger partial charge is 0.410 e. The maximum Gasteiger partial charge on any atom is 0.410 e. The summed E-state index contributed by atoms with van der Waals surface area (Å²) >= 11 is 0. The van der Waals surface area contributed by atoms with Crippen molar-refractivity contribution in [1.82, 2.24) is 9.80 Å². The van der Waals surface area contributed by atoms with E-state index < -0.39 is 6.09 Å². The molecule has 2 rings (SSSR count). The lowest BCUT2D eigenvalue weighted by Crippen LogP contribution is -2.47. The molecular formula is C19H26N2O4. The van der Waals surface area contributed by atoms with Crippen LogP contribution in [0.1, 0.15) is 32.3 Å². The highest BCUT2D eigenvalue weighted by Crippen LogP contribution is 2.10. The highest BCUT2D eigenvalue weighted by atomic mass is 16.6. The molecule has 2 amide bonds. The van der Waals surface area contributed by atoms with E-state index in [-0.39, 0.29) is 37.3 Å². The van der Waals surface area contributed by atoms with Crippen LogP contribution in [0.25, 0.3) is 0 Å². The number of carbonyl (C=O) groups is 3. The summed E-state index contributed by atoms with van der Waals surface area (Å²) in [7, 11) is 0. The SMILES string of the molecule is CC(C)CN(CC(=O)N1CCCC(=O)C1)C(=O)OCc1ccccc1. The van der Waals surface area contributed by atoms with Gasteiger partial charge in [0, 0.05) is 19.5 Å². The van der Waals surface area contributed by atoms with Crippen LogP contribution in [-0.4, -0.2) is 53.8 Å². The van der Waals surface area contributed by atoms with Crippen molar-refractivity contribution in [2.75, 3.05) is 26.2 Å². The van der Waals surface area contributed by atoms with E-state index in [2.05, 4.69) is 0 Å². The van der Waals surface area contributed by atoms with E-state index in [9.17, 15) is 14.4 Å². The fourth-order valence-corrected chi connectivity index (χ4v) is 2.77. The predicted octanol–water partition coefficient (Wildman–Crippen LogP) is 2.47. The Morgan fingerprint density at radius 1 is 1.24 bits per heavy atom. The van der Waals surface area contributed by atoms with Gasteiger partial charge in [0.2, 0.25) is 5.91 Å². The zero-order chi connectivity index (χ0) is 18.2. The van der Waals surface area contributed by atoms with Crippen LogP contribution in [0.5, 0.6) is 0 Å². The van der Waals surface area contributed by atoms with Crippen LogP contribution in [0, 0.1) is 5.92 Å². The first kappa shape index (κ1) is 19.0. The van der Waals surface area contributed by atoms with Crippen molar-refractivity contribution in [2.24, 2.45) is 5.92 Å². The number of ether oxygens (including phenoxy) is 1. The van der Waals surface area contributed by atoms with E-state index in [1.54, 1.807) is 0 Å². The Labute approximate surface area is 148 Å². The zero-order valence-corrected chi connectivity index (χ0v) is 14.9. The lowest BCUT2D eigenvalue weighted by Gasteiger charge is -2.29. The molecule has 1 aromatic rings. The first-order valence-corrected chi connectivity index (χ1v) is 8.71. The number of rotatable bonds is 6. The number of nitrogens with zero attached hydrogens (tertiary/aromatic N) is 2. The molecule has 0 aromatic heterocycles. The molecule has 1 heterocycles. The molecule has 0 bridgehead atoms. The topological polar surface area (TPSA) is 66.9 Å². The van der Waals surface area contributed by atoms with Crippen molar-refractivity contribution >= 4 is 17.8 Å². The third-order valence-corrected chi connectivity index (χ3v) is 3.98. The molecular weight excluding hydrogens is 320 g/mol. The number of piperidine rings is 1. The predicted molar refractivity (Wildman–Crippen MR) is 93.9 cm³/mol. The van der Waals surface area contributed by atoms with E-state index in [0.29, 0.717) is 25.9 Å². The number of hydrogen-bond donors (Lipinski definition) is 0. The van der Waals surface area contributed by atoms with E-state index >= 15 is 0 Å². The van der Waals surface area contributed by atoms with E-state index in [1.807, 2.05) is 44.2 Å². The minimum absolute atomic E-state index is 0.0565. The average Bonchev–Trinajstić information content (AvgIpc) is 2.59. The maximum atomic E-state index is 12.4. The number of benzene rings is 1. The lowest BCUT2D eigenvalue weighted by atomic mass is 10.1. The first-order valence-electron chi connectivity index (χ1n) is 8.71. The van der Waals surface area contributed by atoms with Crippen LogP contribution in [0.3, 0.4) is 0 Å². The van der Waals surface area contributed by atoms with Crippen molar-refractivity contribution in [1.29, 1.82) is 0 Å². The number of hydrogen-bond acceptors (Lipinski definition) is 4. The van der Waals surface area contributed by atoms with Gasteiger partial charge in [-0.15, -0.1) is 0 Å². The van der Waals surface area contributed by atoms with Gasteiger partial charge in [-0.05, 0) is 17.9 Å². The van der Waals surface area contributed by atoms with Gasteiger partial charge in [0.1, 0.15) is 13.2 Å². The molecule has 1 fully saturated rings. The monoisotopic (exact) mass is 346 g/mol. The molecule has 0 radical (unpaired) electrons. The molecule has 0 unspecified atom stereocenters. The molecule has 1 saturated heterocycles. The second-order valence-corrected chi connectivity index (χ2v) is 6.77. The van der Waals surface area contributed by atoms with Crippen LogP contribution in [-0.2, 0) is 20.9 Å². The quantitative estimate of drug-likeness (QED) is 0.794. The Kier molecular flexibility index (Phi) is 6.98. The number of amides is 2. The van der Waals surface area contributed by atoms with Gasteiger partial charge in [-0.1, -0.05) is 44.2 Å². The number of Topliss-reactive ketones (excluding diaryl/α,β-unsaturated/α-hetero) is 1. The van der Waals surface area contributed by atoms with Crippen LogP contribution < -0.4 is 0 Å². The van der Waals surface area contributed by atoms with Crippen LogP contribution in [0.2, 0.25) is 0 Å². The molecule has 6 heteroatoms. The molecule has 0 saturated carbocycles. The number of carbonyl (C=O) groups excluding carboxylic acids is 3. The molecule has 0 N–H and O–H groups in total. The van der Waals surface area contributed by atoms with Crippen molar-refractivity contribution in [3.63, 3.8) is 0 Å². The third kappa shape index (κ3) is 6.21. The molecule has 6 nitrogen and oxygen atoms in total. The number of ketones is 1. The van der Waals surface area contributed by atoms with Crippen LogP contribution >= 0.6 is 0 Å². The van der Waals surface area contributed by atoms with Gasteiger partial charge >= 0.3 is 6.09 Å². The molecule has 25 heavy (non-hydrogen) atoms. The molecule has 1 aliphatic rings. The standard InChI is InChI=1S/C19H26N2O4/c1-15(2)11-21(13-18(23)20-10-6-9-17(22)12-20)19(24)25-14-16-7-4-3-5-8-16/h3-5,7-8,15H,6,9-14H2,1-2H3. The highest BCUT2D eigenvalue weighted by Gasteiger charge is 2.26. The minimum Gasteiger partial charge on any atom is -0.445 e. The second kappa shape index (κ2) is 9.20. The Morgan fingerprint density at radius 2 is 1.96 bits per heavy atom. The lowest BCUT2D eigenvalue weighted by molar-refractivity contribution is -0.138. The molecule has 136 valence electrons. The summed E-state index contributed by atoms with van der Waals surface area (Å²) in [6, 6.07) is 9.42. The molecule has 0 aliphatic carbocycles. The molecule has 1 aliphatic heterocycles. The van der Waals surface area contributed by atoms with Gasteiger partial charge in [0.25, 0.3) is 0 Å².